The maximum absolute atomic E-state index is 13.6. The highest BCUT2D eigenvalue weighted by Gasteiger charge is 2.23. The second-order valence-corrected chi connectivity index (χ2v) is 5.13. The van der Waals surface area contributed by atoms with Gasteiger partial charge in [-0.1, -0.05) is 6.92 Å². The minimum atomic E-state index is -0.426. The van der Waals surface area contributed by atoms with Gasteiger partial charge in [-0.15, -0.1) is 0 Å². The van der Waals surface area contributed by atoms with Crippen LogP contribution in [0, 0.1) is 5.82 Å². The molecule has 2 N–H and O–H groups in total. The predicted octanol–water partition coefficient (Wildman–Crippen LogP) is 2.81. The Kier molecular flexibility index (Phi) is 5.06. The Morgan fingerprint density at radius 1 is 1.45 bits per heavy atom. The second kappa shape index (κ2) is 6.79. The molecule has 0 saturated carbocycles. The molecule has 1 aromatic rings. The predicted molar refractivity (Wildman–Crippen MR) is 78.8 cm³/mol. The molecule has 1 aliphatic heterocycles. The molecule has 0 radical (unpaired) electrons. The van der Waals surface area contributed by atoms with Gasteiger partial charge in [0.05, 0.1) is 24.6 Å². The van der Waals surface area contributed by atoms with E-state index < -0.39 is 5.82 Å². The highest BCUT2D eigenvalue weighted by atomic mass is 19.1. The Labute approximate surface area is 119 Å². The summed E-state index contributed by atoms with van der Waals surface area (Å²) in [5.74, 6) is -0.199. The van der Waals surface area contributed by atoms with Crippen molar-refractivity contribution in [3.8, 4) is 5.75 Å². The zero-order valence-electron chi connectivity index (χ0n) is 12.2. The van der Waals surface area contributed by atoms with Gasteiger partial charge >= 0.3 is 0 Å². The summed E-state index contributed by atoms with van der Waals surface area (Å²) in [5, 5.41) is 0. The lowest BCUT2D eigenvalue weighted by molar-refractivity contribution is 0.0441. The Morgan fingerprint density at radius 2 is 2.25 bits per heavy atom. The van der Waals surface area contributed by atoms with Crippen molar-refractivity contribution in [2.75, 3.05) is 37.4 Å². The molecular formula is C15H23FN2O2. The number of ether oxygens (including phenoxy) is 2. The van der Waals surface area contributed by atoms with Gasteiger partial charge in [0, 0.05) is 31.8 Å². The van der Waals surface area contributed by atoms with Crippen LogP contribution in [-0.4, -0.2) is 32.9 Å². The fraction of sp³-hybridized carbons (Fsp3) is 0.600. The maximum Gasteiger partial charge on any atom is 0.167 e. The van der Waals surface area contributed by atoms with Crippen LogP contribution in [0.3, 0.4) is 0 Å². The molecule has 1 saturated heterocycles. The number of hydrogen-bond acceptors (Lipinski definition) is 4. The number of hydrogen-bond donors (Lipinski definition) is 1. The second-order valence-electron chi connectivity index (χ2n) is 5.13. The smallest absolute Gasteiger partial charge is 0.167 e. The normalized spacial score (nSPS) is 19.1. The van der Waals surface area contributed by atoms with E-state index in [0.29, 0.717) is 5.69 Å². The molecular weight excluding hydrogens is 259 g/mol. The van der Waals surface area contributed by atoms with Gasteiger partial charge in [0.1, 0.15) is 0 Å². The summed E-state index contributed by atoms with van der Waals surface area (Å²) in [5.41, 5.74) is 7.21. The number of rotatable bonds is 5. The Morgan fingerprint density at radius 3 is 2.95 bits per heavy atom. The molecule has 0 bridgehead atoms. The van der Waals surface area contributed by atoms with Gasteiger partial charge in [-0.05, 0) is 19.3 Å². The average molecular weight is 282 g/mol. The van der Waals surface area contributed by atoms with Gasteiger partial charge in [-0.2, -0.15) is 0 Å². The fourth-order valence-electron chi connectivity index (χ4n) is 2.57. The lowest BCUT2D eigenvalue weighted by Crippen LogP contribution is -2.40. The SMILES string of the molecule is CCCOC1CCCN(c2cc(OC)c(F)cc2N)C1. The fourth-order valence-corrected chi connectivity index (χ4v) is 2.57. The maximum atomic E-state index is 13.6. The van der Waals surface area contributed by atoms with Crippen LogP contribution >= 0.6 is 0 Å². The first-order valence-corrected chi connectivity index (χ1v) is 7.15. The molecule has 1 aromatic carbocycles. The third-order valence-corrected chi connectivity index (χ3v) is 3.58. The van der Waals surface area contributed by atoms with Crippen molar-refractivity contribution in [1.82, 2.24) is 0 Å². The summed E-state index contributed by atoms with van der Waals surface area (Å²) in [6, 6.07) is 3.00. The summed E-state index contributed by atoms with van der Waals surface area (Å²) < 4.78 is 24.4. The third-order valence-electron chi connectivity index (χ3n) is 3.58. The van der Waals surface area contributed by atoms with Crippen molar-refractivity contribution in [3.63, 3.8) is 0 Å². The lowest BCUT2D eigenvalue weighted by Gasteiger charge is -2.35. The first kappa shape index (κ1) is 14.9. The minimum Gasteiger partial charge on any atom is -0.494 e. The highest BCUT2D eigenvalue weighted by Crippen LogP contribution is 2.32. The molecule has 1 fully saturated rings. The van der Waals surface area contributed by atoms with Gasteiger partial charge in [0.25, 0.3) is 0 Å². The van der Waals surface area contributed by atoms with E-state index in [1.807, 2.05) is 0 Å². The summed E-state index contributed by atoms with van der Waals surface area (Å²) in [6.45, 7) is 4.58. The van der Waals surface area contributed by atoms with E-state index in [-0.39, 0.29) is 11.9 Å². The summed E-state index contributed by atoms with van der Waals surface area (Å²) in [7, 11) is 1.46. The van der Waals surface area contributed by atoms with Gasteiger partial charge in [0.2, 0.25) is 0 Å². The molecule has 2 rings (SSSR count). The summed E-state index contributed by atoms with van der Waals surface area (Å²) in [6.07, 6.45) is 3.35. The molecule has 1 unspecified atom stereocenters. The largest absolute Gasteiger partial charge is 0.494 e. The zero-order chi connectivity index (χ0) is 14.5. The van der Waals surface area contributed by atoms with E-state index in [4.69, 9.17) is 15.2 Å². The first-order chi connectivity index (χ1) is 9.65. The van der Waals surface area contributed by atoms with Crippen molar-refractivity contribution in [2.24, 2.45) is 0 Å². The highest BCUT2D eigenvalue weighted by molar-refractivity contribution is 5.70. The van der Waals surface area contributed by atoms with Crippen LogP contribution in [0.2, 0.25) is 0 Å². The topological polar surface area (TPSA) is 47.7 Å². The van der Waals surface area contributed by atoms with E-state index in [0.717, 1.165) is 44.6 Å². The average Bonchev–Trinajstić information content (AvgIpc) is 2.45. The van der Waals surface area contributed by atoms with E-state index in [9.17, 15) is 4.39 Å². The molecule has 1 heterocycles. The van der Waals surface area contributed by atoms with Gasteiger partial charge in [-0.3, -0.25) is 0 Å². The Bertz CT molecular complexity index is 454. The number of anilines is 2. The Balaban J connectivity index is 2.14. The number of halogens is 1. The van der Waals surface area contributed by atoms with Gasteiger partial charge in [0.15, 0.2) is 11.6 Å². The van der Waals surface area contributed by atoms with Crippen LogP contribution in [0.4, 0.5) is 15.8 Å². The quantitative estimate of drug-likeness (QED) is 0.844. The van der Waals surface area contributed by atoms with Crippen LogP contribution < -0.4 is 15.4 Å². The number of nitrogens with zero attached hydrogens (tertiary/aromatic N) is 1. The Hall–Kier alpha value is -1.49. The number of nitrogen functional groups attached to an aromatic ring is 1. The van der Waals surface area contributed by atoms with Crippen LogP contribution in [0.5, 0.6) is 5.75 Å². The van der Waals surface area contributed by atoms with Crippen molar-refractivity contribution >= 4 is 11.4 Å². The van der Waals surface area contributed by atoms with Gasteiger partial charge in [-0.25, -0.2) is 4.39 Å². The summed E-state index contributed by atoms with van der Waals surface area (Å²) >= 11 is 0. The van der Waals surface area contributed by atoms with E-state index >= 15 is 0 Å². The molecule has 5 heteroatoms. The molecule has 1 aliphatic rings. The number of benzene rings is 1. The van der Waals surface area contributed by atoms with Crippen LogP contribution in [0.1, 0.15) is 26.2 Å². The standard InChI is InChI=1S/C15H23FN2O2/c1-3-7-20-11-5-4-6-18(10-11)14-9-15(19-2)12(16)8-13(14)17/h8-9,11H,3-7,10,17H2,1-2H3. The summed E-state index contributed by atoms with van der Waals surface area (Å²) in [4.78, 5) is 2.15. The van der Waals surface area contributed by atoms with Crippen molar-refractivity contribution in [1.29, 1.82) is 0 Å². The monoisotopic (exact) mass is 282 g/mol. The number of piperidine rings is 1. The molecule has 4 nitrogen and oxygen atoms in total. The van der Waals surface area contributed by atoms with Gasteiger partial charge < -0.3 is 20.1 Å². The number of nitrogens with two attached hydrogens (primary N) is 1. The molecule has 0 aromatic heterocycles. The van der Waals surface area contributed by atoms with Crippen LogP contribution in [-0.2, 0) is 4.74 Å². The molecule has 0 spiro atoms. The van der Waals surface area contributed by atoms with E-state index in [1.54, 1.807) is 6.07 Å². The molecule has 112 valence electrons. The molecule has 0 aliphatic carbocycles. The first-order valence-electron chi connectivity index (χ1n) is 7.15. The van der Waals surface area contributed by atoms with Crippen molar-refractivity contribution < 1.29 is 13.9 Å². The minimum absolute atomic E-state index is 0.221. The van der Waals surface area contributed by atoms with Crippen LogP contribution in [0.25, 0.3) is 0 Å². The van der Waals surface area contributed by atoms with Crippen LogP contribution in [0.15, 0.2) is 12.1 Å². The lowest BCUT2D eigenvalue weighted by atomic mass is 10.1. The third kappa shape index (κ3) is 3.33. The molecule has 20 heavy (non-hydrogen) atoms. The molecule has 1 atom stereocenters. The molecule has 0 amide bonds. The van der Waals surface area contributed by atoms with Crippen molar-refractivity contribution in [2.45, 2.75) is 32.3 Å². The zero-order valence-corrected chi connectivity index (χ0v) is 12.2. The number of methoxy groups -OCH3 is 1. The van der Waals surface area contributed by atoms with E-state index in [2.05, 4.69) is 11.8 Å². The van der Waals surface area contributed by atoms with E-state index in [1.165, 1.54) is 13.2 Å². The van der Waals surface area contributed by atoms with Crippen molar-refractivity contribution in [3.05, 3.63) is 17.9 Å².